The van der Waals surface area contributed by atoms with Crippen LogP contribution in [0.3, 0.4) is 0 Å². The van der Waals surface area contributed by atoms with E-state index < -0.39 is 23.8 Å². The number of halogens is 2. The summed E-state index contributed by atoms with van der Waals surface area (Å²) >= 11 is 0. The summed E-state index contributed by atoms with van der Waals surface area (Å²) in [5.74, 6) is -1.96. The van der Waals surface area contributed by atoms with E-state index in [-0.39, 0.29) is 18.2 Å². The van der Waals surface area contributed by atoms with Crippen LogP contribution in [0.1, 0.15) is 6.92 Å². The van der Waals surface area contributed by atoms with E-state index in [0.717, 1.165) is 0 Å². The van der Waals surface area contributed by atoms with Crippen molar-refractivity contribution in [2.75, 3.05) is 30.8 Å². The summed E-state index contributed by atoms with van der Waals surface area (Å²) in [7, 11) is 1.46. The summed E-state index contributed by atoms with van der Waals surface area (Å²) in [6.45, 7) is 0.782. The van der Waals surface area contributed by atoms with Gasteiger partial charge in [0.05, 0.1) is 6.61 Å². The molecule has 0 saturated heterocycles. The fourth-order valence-electron chi connectivity index (χ4n) is 1.10. The van der Waals surface area contributed by atoms with Crippen LogP contribution in [-0.2, 0) is 0 Å². The molecular formula is C10H15F2N3O2. The highest BCUT2D eigenvalue weighted by atomic mass is 19.1. The monoisotopic (exact) mass is 247 g/mol. The zero-order chi connectivity index (χ0) is 13.1. The lowest BCUT2D eigenvalue weighted by molar-refractivity contribution is 0.0131. The molecule has 0 aliphatic carbocycles. The number of rotatable bonds is 5. The Morgan fingerprint density at radius 1 is 1.35 bits per heavy atom. The molecule has 7 heteroatoms. The lowest BCUT2D eigenvalue weighted by atomic mass is 10.1. The smallest absolute Gasteiger partial charge is 0.168 e. The Labute approximate surface area is 97.5 Å². The van der Waals surface area contributed by atoms with Gasteiger partial charge in [-0.25, -0.2) is 13.8 Å². The Morgan fingerprint density at radius 2 is 1.94 bits per heavy atom. The summed E-state index contributed by atoms with van der Waals surface area (Å²) in [5.41, 5.74) is -1.40. The van der Waals surface area contributed by atoms with Crippen molar-refractivity contribution < 1.29 is 19.0 Å². The van der Waals surface area contributed by atoms with Gasteiger partial charge in [0.1, 0.15) is 5.60 Å². The van der Waals surface area contributed by atoms with Crippen LogP contribution in [-0.4, -0.2) is 41.0 Å². The van der Waals surface area contributed by atoms with Gasteiger partial charge in [-0.15, -0.1) is 0 Å². The predicted octanol–water partition coefficient (Wildman–Crippen LogP) is 0.557. The first-order chi connectivity index (χ1) is 7.89. The minimum Gasteiger partial charge on any atom is -0.393 e. The number of aliphatic hydroxyl groups excluding tert-OH is 1. The van der Waals surface area contributed by atoms with Crippen LogP contribution in [0.15, 0.2) is 6.07 Å². The largest absolute Gasteiger partial charge is 0.393 e. The highest BCUT2D eigenvalue weighted by molar-refractivity contribution is 5.47. The van der Waals surface area contributed by atoms with Crippen molar-refractivity contribution in [2.45, 2.75) is 12.5 Å². The summed E-state index contributed by atoms with van der Waals surface area (Å²) in [6, 6.07) is 0.689. The lowest BCUT2D eigenvalue weighted by Gasteiger charge is -2.21. The van der Waals surface area contributed by atoms with E-state index in [0.29, 0.717) is 6.07 Å². The van der Waals surface area contributed by atoms with Crippen LogP contribution in [0, 0.1) is 11.6 Å². The molecule has 17 heavy (non-hydrogen) atoms. The number of hydrogen-bond acceptors (Lipinski definition) is 5. The molecule has 0 amide bonds. The summed E-state index contributed by atoms with van der Waals surface area (Å²) in [5, 5.41) is 23.3. The number of pyridine rings is 1. The fourth-order valence-corrected chi connectivity index (χ4v) is 1.10. The van der Waals surface area contributed by atoms with Crippen LogP contribution in [0.5, 0.6) is 0 Å². The van der Waals surface area contributed by atoms with Gasteiger partial charge in [-0.2, -0.15) is 0 Å². The fraction of sp³-hybridized carbons (Fsp3) is 0.500. The van der Waals surface area contributed by atoms with E-state index >= 15 is 0 Å². The highest BCUT2D eigenvalue weighted by Crippen LogP contribution is 2.19. The summed E-state index contributed by atoms with van der Waals surface area (Å²) in [4.78, 5) is 3.66. The van der Waals surface area contributed by atoms with E-state index in [9.17, 15) is 13.9 Å². The highest BCUT2D eigenvalue weighted by Gasteiger charge is 2.20. The van der Waals surface area contributed by atoms with Crippen molar-refractivity contribution >= 4 is 11.6 Å². The second-order valence-corrected chi connectivity index (χ2v) is 3.91. The van der Waals surface area contributed by atoms with Crippen molar-refractivity contribution in [2.24, 2.45) is 0 Å². The maximum Gasteiger partial charge on any atom is 0.168 e. The van der Waals surface area contributed by atoms with Crippen molar-refractivity contribution in [3.63, 3.8) is 0 Å². The molecule has 1 aromatic heterocycles. The first kappa shape index (κ1) is 13.6. The second kappa shape index (κ2) is 5.24. The molecule has 4 N–H and O–H groups in total. The molecule has 0 aliphatic heterocycles. The molecule has 96 valence electrons. The van der Waals surface area contributed by atoms with E-state index in [2.05, 4.69) is 15.6 Å². The normalized spacial score (nSPS) is 14.2. The molecule has 5 nitrogen and oxygen atoms in total. The summed E-state index contributed by atoms with van der Waals surface area (Å²) in [6.07, 6.45) is 0. The Kier molecular flexibility index (Phi) is 4.19. The Hall–Kier alpha value is -1.47. The molecule has 0 saturated carbocycles. The van der Waals surface area contributed by atoms with Crippen LogP contribution in [0.4, 0.5) is 20.4 Å². The SMILES string of the molecule is CNc1nc(NCC(C)(O)CO)c(F)cc1F. The number of nitrogens with one attached hydrogen (secondary N) is 2. The van der Waals surface area contributed by atoms with Gasteiger partial charge in [-0.1, -0.05) is 0 Å². The molecule has 1 rings (SSSR count). The van der Waals surface area contributed by atoms with E-state index in [1.807, 2.05) is 0 Å². The van der Waals surface area contributed by atoms with Crippen molar-refractivity contribution in [1.82, 2.24) is 4.98 Å². The van der Waals surface area contributed by atoms with Gasteiger partial charge in [0.15, 0.2) is 23.3 Å². The first-order valence-electron chi connectivity index (χ1n) is 5.00. The maximum atomic E-state index is 13.3. The quantitative estimate of drug-likeness (QED) is 0.611. The molecule has 0 fully saturated rings. The molecular weight excluding hydrogens is 232 g/mol. The molecule has 0 aliphatic rings. The average molecular weight is 247 g/mol. The van der Waals surface area contributed by atoms with E-state index in [1.165, 1.54) is 14.0 Å². The van der Waals surface area contributed by atoms with Crippen LogP contribution in [0.25, 0.3) is 0 Å². The van der Waals surface area contributed by atoms with Gasteiger partial charge in [-0.3, -0.25) is 0 Å². The van der Waals surface area contributed by atoms with Crippen LogP contribution >= 0.6 is 0 Å². The van der Waals surface area contributed by atoms with Gasteiger partial charge in [-0.05, 0) is 6.92 Å². The molecule has 0 spiro atoms. The Balaban J connectivity index is 2.84. The molecule has 0 aromatic carbocycles. The lowest BCUT2D eigenvalue weighted by Crippen LogP contribution is -2.37. The standard InChI is InChI=1S/C10H15F2N3O2/c1-10(17,5-16)4-14-9-7(12)3-6(11)8(13-2)15-9/h3,16-17H,4-5H2,1-2H3,(H2,13,14,15). The van der Waals surface area contributed by atoms with E-state index in [4.69, 9.17) is 5.11 Å². The third kappa shape index (κ3) is 3.50. The third-order valence-electron chi connectivity index (χ3n) is 2.14. The van der Waals surface area contributed by atoms with Gasteiger partial charge < -0.3 is 20.8 Å². The Morgan fingerprint density at radius 3 is 2.47 bits per heavy atom. The number of hydrogen-bond donors (Lipinski definition) is 4. The first-order valence-corrected chi connectivity index (χ1v) is 5.00. The van der Waals surface area contributed by atoms with Gasteiger partial charge >= 0.3 is 0 Å². The van der Waals surface area contributed by atoms with E-state index in [1.54, 1.807) is 0 Å². The van der Waals surface area contributed by atoms with Crippen LogP contribution < -0.4 is 10.6 Å². The topological polar surface area (TPSA) is 77.4 Å². The van der Waals surface area contributed by atoms with Crippen molar-refractivity contribution in [1.29, 1.82) is 0 Å². The molecule has 1 atom stereocenters. The molecule has 0 radical (unpaired) electrons. The number of anilines is 2. The van der Waals surface area contributed by atoms with Gasteiger partial charge in [0, 0.05) is 19.7 Å². The van der Waals surface area contributed by atoms with Crippen molar-refractivity contribution in [3.05, 3.63) is 17.7 Å². The zero-order valence-corrected chi connectivity index (χ0v) is 9.59. The maximum absolute atomic E-state index is 13.3. The van der Waals surface area contributed by atoms with Gasteiger partial charge in [0.25, 0.3) is 0 Å². The Bertz CT molecular complexity index is 399. The second-order valence-electron chi connectivity index (χ2n) is 3.91. The number of aromatic nitrogens is 1. The van der Waals surface area contributed by atoms with Gasteiger partial charge in [0.2, 0.25) is 0 Å². The molecule has 0 bridgehead atoms. The number of nitrogens with zero attached hydrogens (tertiary/aromatic N) is 1. The third-order valence-corrected chi connectivity index (χ3v) is 2.14. The number of aliphatic hydroxyl groups is 2. The minimum absolute atomic E-state index is 0.0995. The molecule has 1 aromatic rings. The summed E-state index contributed by atoms with van der Waals surface area (Å²) < 4.78 is 26.4. The predicted molar refractivity (Wildman–Crippen MR) is 59.9 cm³/mol. The van der Waals surface area contributed by atoms with Crippen molar-refractivity contribution in [3.8, 4) is 0 Å². The molecule has 1 heterocycles. The minimum atomic E-state index is -1.40. The van der Waals surface area contributed by atoms with Crippen LogP contribution in [0.2, 0.25) is 0 Å². The molecule has 1 unspecified atom stereocenters. The average Bonchev–Trinajstić information content (AvgIpc) is 2.28. The zero-order valence-electron chi connectivity index (χ0n) is 9.59.